The van der Waals surface area contributed by atoms with Crippen molar-refractivity contribution in [3.05, 3.63) is 54.4 Å². The number of benzene rings is 1. The molecule has 0 aliphatic carbocycles. The van der Waals surface area contributed by atoms with E-state index in [0.717, 1.165) is 11.3 Å². The second-order valence-electron chi connectivity index (χ2n) is 4.21. The van der Waals surface area contributed by atoms with Gasteiger partial charge in [-0.3, -0.25) is 4.98 Å². The zero-order chi connectivity index (χ0) is 12.4. The van der Waals surface area contributed by atoms with Crippen LogP contribution in [0.3, 0.4) is 0 Å². The van der Waals surface area contributed by atoms with E-state index in [1.165, 1.54) is 4.90 Å². The van der Waals surface area contributed by atoms with E-state index in [9.17, 15) is 0 Å². The minimum atomic E-state index is 0.00751. The Morgan fingerprint density at radius 3 is 2.78 bits per heavy atom. The van der Waals surface area contributed by atoms with Gasteiger partial charge >= 0.3 is 0 Å². The van der Waals surface area contributed by atoms with Gasteiger partial charge in [0.1, 0.15) is 12.4 Å². The van der Waals surface area contributed by atoms with Crippen LogP contribution in [0.2, 0.25) is 0 Å². The van der Waals surface area contributed by atoms with Crippen LogP contribution in [0.1, 0.15) is 11.6 Å². The molecule has 0 radical (unpaired) electrons. The van der Waals surface area contributed by atoms with Crippen LogP contribution in [-0.4, -0.2) is 16.8 Å². The molecule has 0 amide bonds. The van der Waals surface area contributed by atoms with Crippen molar-refractivity contribution in [1.82, 2.24) is 4.98 Å². The molecule has 4 heteroatoms. The number of nitrogens with two attached hydrogens (primary N) is 1. The first kappa shape index (κ1) is 11.6. The fourth-order valence-corrected chi connectivity index (χ4v) is 3.12. The summed E-state index contributed by atoms with van der Waals surface area (Å²) in [5.41, 5.74) is 7.41. The van der Waals surface area contributed by atoms with Crippen molar-refractivity contribution in [3.8, 4) is 5.75 Å². The molecule has 3 nitrogen and oxygen atoms in total. The average molecular weight is 258 g/mol. The van der Waals surface area contributed by atoms with Gasteiger partial charge in [0.2, 0.25) is 0 Å². The van der Waals surface area contributed by atoms with E-state index >= 15 is 0 Å². The number of fused-ring (bicyclic) bond motifs is 1. The Balaban J connectivity index is 1.81. The molecule has 3 rings (SSSR count). The van der Waals surface area contributed by atoms with Crippen LogP contribution >= 0.6 is 11.8 Å². The minimum absolute atomic E-state index is 0.00751. The van der Waals surface area contributed by atoms with Crippen LogP contribution in [0.4, 0.5) is 0 Å². The van der Waals surface area contributed by atoms with Crippen molar-refractivity contribution in [2.45, 2.75) is 16.2 Å². The fraction of sp³-hybridized carbons (Fsp3) is 0.214. The molecule has 2 aromatic rings. The Labute approximate surface area is 110 Å². The highest BCUT2D eigenvalue weighted by molar-refractivity contribution is 8.00. The molecule has 0 bridgehead atoms. The zero-order valence-electron chi connectivity index (χ0n) is 9.82. The molecular weight excluding hydrogens is 244 g/mol. The number of pyridine rings is 1. The Bertz CT molecular complexity index is 532. The van der Waals surface area contributed by atoms with E-state index < -0.39 is 0 Å². The van der Waals surface area contributed by atoms with Crippen molar-refractivity contribution in [2.75, 3.05) is 6.61 Å². The number of thioether (sulfide) groups is 1. The van der Waals surface area contributed by atoms with Gasteiger partial charge < -0.3 is 10.5 Å². The van der Waals surface area contributed by atoms with E-state index in [1.807, 2.05) is 36.4 Å². The molecular formula is C14H14N2OS. The molecule has 1 aromatic heterocycles. The van der Waals surface area contributed by atoms with Gasteiger partial charge in [-0.15, -0.1) is 11.8 Å². The Morgan fingerprint density at radius 1 is 1.17 bits per heavy atom. The van der Waals surface area contributed by atoms with E-state index in [1.54, 1.807) is 24.2 Å². The van der Waals surface area contributed by atoms with Crippen molar-refractivity contribution in [1.29, 1.82) is 0 Å². The maximum atomic E-state index is 6.32. The molecule has 2 unspecified atom stereocenters. The van der Waals surface area contributed by atoms with Crippen LogP contribution in [0.25, 0.3) is 0 Å². The second kappa shape index (κ2) is 5.00. The monoisotopic (exact) mass is 258 g/mol. The van der Waals surface area contributed by atoms with Gasteiger partial charge in [0, 0.05) is 28.9 Å². The summed E-state index contributed by atoms with van der Waals surface area (Å²) in [5, 5.41) is 0.238. The summed E-state index contributed by atoms with van der Waals surface area (Å²) in [6, 6.07) is 12.0. The molecule has 0 fully saturated rings. The van der Waals surface area contributed by atoms with Gasteiger partial charge in [-0.1, -0.05) is 18.2 Å². The lowest BCUT2D eigenvalue weighted by Gasteiger charge is -2.30. The third-order valence-electron chi connectivity index (χ3n) is 3.02. The highest BCUT2D eigenvalue weighted by Crippen LogP contribution is 2.38. The van der Waals surface area contributed by atoms with Crippen molar-refractivity contribution < 1.29 is 4.74 Å². The molecule has 1 aliphatic rings. The largest absolute Gasteiger partial charge is 0.492 e. The molecule has 92 valence electrons. The summed E-state index contributed by atoms with van der Waals surface area (Å²) in [6.07, 6.45) is 3.59. The van der Waals surface area contributed by atoms with Gasteiger partial charge in [0.25, 0.3) is 0 Å². The van der Waals surface area contributed by atoms with E-state index in [4.69, 9.17) is 10.5 Å². The average Bonchev–Trinajstić information content (AvgIpc) is 2.43. The summed E-state index contributed by atoms with van der Waals surface area (Å²) >= 11 is 1.75. The summed E-state index contributed by atoms with van der Waals surface area (Å²) in [5.74, 6) is 0.913. The summed E-state index contributed by atoms with van der Waals surface area (Å²) in [4.78, 5) is 5.19. The highest BCUT2D eigenvalue weighted by Gasteiger charge is 2.28. The standard InChI is InChI=1S/C14H14N2OS/c15-14-11-3-1-2-4-12(11)17-9-13(14)18-10-5-7-16-8-6-10/h1-8,13-14H,9,15H2. The smallest absolute Gasteiger partial charge is 0.124 e. The number of ether oxygens (including phenoxy) is 1. The zero-order valence-corrected chi connectivity index (χ0v) is 10.6. The van der Waals surface area contributed by atoms with Crippen molar-refractivity contribution in [2.24, 2.45) is 5.73 Å². The Morgan fingerprint density at radius 2 is 1.94 bits per heavy atom. The topological polar surface area (TPSA) is 48.1 Å². The third kappa shape index (κ3) is 2.21. The number of nitrogens with zero attached hydrogens (tertiary/aromatic N) is 1. The first-order chi connectivity index (χ1) is 8.84. The summed E-state index contributed by atoms with van der Waals surface area (Å²) in [6.45, 7) is 0.644. The quantitative estimate of drug-likeness (QED) is 0.899. The van der Waals surface area contributed by atoms with Crippen LogP contribution in [-0.2, 0) is 0 Å². The molecule has 0 saturated heterocycles. The van der Waals surface area contributed by atoms with Crippen LogP contribution in [0.5, 0.6) is 5.75 Å². The van der Waals surface area contributed by atoms with Gasteiger partial charge in [-0.25, -0.2) is 0 Å². The Kier molecular flexibility index (Phi) is 3.21. The van der Waals surface area contributed by atoms with Crippen LogP contribution in [0.15, 0.2) is 53.7 Å². The highest BCUT2D eigenvalue weighted by atomic mass is 32.2. The second-order valence-corrected chi connectivity index (χ2v) is 5.53. The van der Waals surface area contributed by atoms with Crippen molar-refractivity contribution in [3.63, 3.8) is 0 Å². The maximum Gasteiger partial charge on any atom is 0.124 e. The van der Waals surface area contributed by atoms with Crippen LogP contribution < -0.4 is 10.5 Å². The predicted octanol–water partition coefficient (Wildman–Crippen LogP) is 2.63. The lowest BCUT2D eigenvalue weighted by Crippen LogP contribution is -2.33. The third-order valence-corrected chi connectivity index (χ3v) is 4.30. The predicted molar refractivity (Wildman–Crippen MR) is 72.7 cm³/mol. The first-order valence-electron chi connectivity index (χ1n) is 5.88. The minimum Gasteiger partial charge on any atom is -0.492 e. The number of hydrogen-bond acceptors (Lipinski definition) is 4. The van der Waals surface area contributed by atoms with Gasteiger partial charge in [0.05, 0.1) is 5.25 Å². The molecule has 1 aliphatic heterocycles. The van der Waals surface area contributed by atoms with E-state index in [-0.39, 0.29) is 11.3 Å². The van der Waals surface area contributed by atoms with Gasteiger partial charge in [-0.2, -0.15) is 0 Å². The molecule has 2 N–H and O–H groups in total. The molecule has 18 heavy (non-hydrogen) atoms. The lowest BCUT2D eigenvalue weighted by atomic mass is 10.0. The van der Waals surface area contributed by atoms with E-state index in [0.29, 0.717) is 6.61 Å². The number of para-hydroxylation sites is 1. The SMILES string of the molecule is NC1c2ccccc2OCC1Sc1ccncc1. The van der Waals surface area contributed by atoms with Crippen molar-refractivity contribution >= 4 is 11.8 Å². The number of aromatic nitrogens is 1. The fourth-order valence-electron chi connectivity index (χ4n) is 2.06. The van der Waals surface area contributed by atoms with E-state index in [2.05, 4.69) is 4.98 Å². The Hall–Kier alpha value is -1.52. The number of rotatable bonds is 2. The van der Waals surface area contributed by atoms with Crippen LogP contribution in [0, 0.1) is 0 Å². The van der Waals surface area contributed by atoms with Gasteiger partial charge in [-0.05, 0) is 18.2 Å². The molecule has 2 atom stereocenters. The molecule has 2 heterocycles. The lowest BCUT2D eigenvalue weighted by molar-refractivity contribution is 0.276. The molecule has 0 spiro atoms. The molecule has 0 saturated carbocycles. The summed E-state index contributed by atoms with van der Waals surface area (Å²) in [7, 11) is 0. The first-order valence-corrected chi connectivity index (χ1v) is 6.76. The molecule has 1 aromatic carbocycles. The van der Waals surface area contributed by atoms with Gasteiger partial charge in [0.15, 0.2) is 0 Å². The normalized spacial score (nSPS) is 22.1. The maximum absolute atomic E-state index is 6.32. The summed E-state index contributed by atoms with van der Waals surface area (Å²) < 4.78 is 5.76. The number of hydrogen-bond donors (Lipinski definition) is 1.